The zero-order valence-corrected chi connectivity index (χ0v) is 9.66. The zero-order chi connectivity index (χ0) is 11.2. The van der Waals surface area contributed by atoms with Crippen LogP contribution in [0.5, 0.6) is 11.5 Å². The molecule has 3 rings (SSSR count). The summed E-state index contributed by atoms with van der Waals surface area (Å²) < 4.78 is 16.6. The fourth-order valence-corrected chi connectivity index (χ4v) is 2.01. The zero-order valence-electron chi connectivity index (χ0n) is 9.66. The van der Waals surface area contributed by atoms with Gasteiger partial charge in [0.25, 0.3) is 0 Å². The van der Waals surface area contributed by atoms with E-state index in [-0.39, 0.29) is 5.60 Å². The van der Waals surface area contributed by atoms with E-state index in [0.29, 0.717) is 12.7 Å². The van der Waals surface area contributed by atoms with E-state index >= 15 is 0 Å². The van der Waals surface area contributed by atoms with E-state index < -0.39 is 0 Å². The second kappa shape index (κ2) is 3.39. The van der Waals surface area contributed by atoms with Crippen LogP contribution in [-0.2, 0) is 11.2 Å². The summed E-state index contributed by atoms with van der Waals surface area (Å²) in [5, 5.41) is 0. The van der Waals surface area contributed by atoms with Crippen LogP contribution < -0.4 is 9.47 Å². The number of fused-ring (bicyclic) bond motifs is 1. The van der Waals surface area contributed by atoms with Crippen molar-refractivity contribution < 1.29 is 14.2 Å². The molecule has 86 valence electrons. The summed E-state index contributed by atoms with van der Waals surface area (Å²) >= 11 is 0. The van der Waals surface area contributed by atoms with Gasteiger partial charge in [-0.1, -0.05) is 6.07 Å². The van der Waals surface area contributed by atoms with Crippen LogP contribution in [0.4, 0.5) is 0 Å². The molecule has 0 saturated carbocycles. The minimum absolute atomic E-state index is 0.0828. The van der Waals surface area contributed by atoms with Crippen molar-refractivity contribution in [3.63, 3.8) is 0 Å². The molecule has 3 heteroatoms. The lowest BCUT2D eigenvalue weighted by Crippen LogP contribution is -2.24. The van der Waals surface area contributed by atoms with Crippen LogP contribution in [0.15, 0.2) is 18.2 Å². The van der Waals surface area contributed by atoms with Crippen molar-refractivity contribution in [1.82, 2.24) is 0 Å². The lowest BCUT2D eigenvalue weighted by molar-refractivity contribution is 0.138. The summed E-state index contributed by atoms with van der Waals surface area (Å²) in [7, 11) is 0. The summed E-state index contributed by atoms with van der Waals surface area (Å²) in [5.74, 6) is 1.83. The monoisotopic (exact) mass is 220 g/mol. The second-order valence-corrected chi connectivity index (χ2v) is 5.07. The summed E-state index contributed by atoms with van der Waals surface area (Å²) in [6.07, 6.45) is 1.26. The third-order valence-corrected chi connectivity index (χ3v) is 2.88. The molecular formula is C13H16O3. The second-order valence-electron chi connectivity index (χ2n) is 5.07. The van der Waals surface area contributed by atoms with Gasteiger partial charge in [-0.15, -0.1) is 0 Å². The Morgan fingerprint density at radius 1 is 1.44 bits per heavy atom. The van der Waals surface area contributed by atoms with Crippen LogP contribution in [0, 0.1) is 0 Å². The normalized spacial score (nSPS) is 24.8. The quantitative estimate of drug-likeness (QED) is 0.731. The molecule has 0 amide bonds. The van der Waals surface area contributed by atoms with Crippen molar-refractivity contribution in [2.45, 2.75) is 32.0 Å². The average molecular weight is 220 g/mol. The molecule has 0 N–H and O–H groups in total. The molecule has 0 aromatic heterocycles. The minimum atomic E-state index is -0.0828. The smallest absolute Gasteiger partial charge is 0.127 e. The van der Waals surface area contributed by atoms with Gasteiger partial charge in [-0.05, 0) is 25.5 Å². The Morgan fingerprint density at radius 3 is 3.00 bits per heavy atom. The molecule has 2 aliphatic heterocycles. The molecule has 2 aliphatic rings. The highest BCUT2D eigenvalue weighted by Crippen LogP contribution is 2.37. The highest BCUT2D eigenvalue weighted by molar-refractivity contribution is 5.44. The summed E-state index contributed by atoms with van der Waals surface area (Å²) in [6.45, 7) is 5.67. The van der Waals surface area contributed by atoms with Crippen molar-refractivity contribution >= 4 is 0 Å². The molecule has 16 heavy (non-hydrogen) atoms. The highest BCUT2D eigenvalue weighted by Gasteiger charge is 2.30. The van der Waals surface area contributed by atoms with Gasteiger partial charge in [-0.3, -0.25) is 0 Å². The Labute approximate surface area is 95.3 Å². The van der Waals surface area contributed by atoms with Crippen LogP contribution in [-0.4, -0.2) is 24.9 Å². The van der Waals surface area contributed by atoms with Gasteiger partial charge in [-0.2, -0.15) is 0 Å². The molecular weight excluding hydrogens is 204 g/mol. The number of hydrogen-bond donors (Lipinski definition) is 0. The maximum absolute atomic E-state index is 5.85. The molecule has 2 heterocycles. The standard InChI is InChI=1S/C13H16O3/c1-13(2)6-9-3-4-10(5-12(9)16-13)14-7-11-8-15-11/h3-5,11H,6-8H2,1-2H3. The number of ether oxygens (including phenoxy) is 3. The van der Waals surface area contributed by atoms with Crippen LogP contribution in [0.3, 0.4) is 0 Å². The van der Waals surface area contributed by atoms with E-state index in [1.54, 1.807) is 0 Å². The molecule has 1 aromatic carbocycles. The van der Waals surface area contributed by atoms with E-state index in [2.05, 4.69) is 19.9 Å². The summed E-state index contributed by atoms with van der Waals surface area (Å²) in [5.41, 5.74) is 1.18. The molecule has 1 saturated heterocycles. The molecule has 1 aromatic rings. The van der Waals surface area contributed by atoms with Gasteiger partial charge in [0.05, 0.1) is 6.61 Å². The highest BCUT2D eigenvalue weighted by atomic mass is 16.6. The maximum Gasteiger partial charge on any atom is 0.127 e. The molecule has 1 atom stereocenters. The number of rotatable bonds is 3. The Kier molecular flexibility index (Phi) is 2.11. The molecule has 0 aliphatic carbocycles. The molecule has 0 bridgehead atoms. The first-order chi connectivity index (χ1) is 7.62. The Hall–Kier alpha value is -1.22. The fourth-order valence-electron chi connectivity index (χ4n) is 2.01. The predicted molar refractivity (Wildman–Crippen MR) is 60.1 cm³/mol. The Bertz CT molecular complexity index is 408. The Morgan fingerprint density at radius 2 is 2.25 bits per heavy atom. The van der Waals surface area contributed by atoms with E-state index in [0.717, 1.165) is 24.5 Å². The first-order valence-electron chi connectivity index (χ1n) is 5.69. The van der Waals surface area contributed by atoms with Gasteiger partial charge in [0.15, 0.2) is 0 Å². The lowest BCUT2D eigenvalue weighted by atomic mass is 10.0. The van der Waals surface area contributed by atoms with Gasteiger partial charge in [0.1, 0.15) is 29.8 Å². The summed E-state index contributed by atoms with van der Waals surface area (Å²) in [6, 6.07) is 6.08. The van der Waals surface area contributed by atoms with Crippen molar-refractivity contribution in [3.05, 3.63) is 23.8 Å². The number of hydrogen-bond acceptors (Lipinski definition) is 3. The van der Waals surface area contributed by atoms with E-state index in [1.807, 2.05) is 12.1 Å². The van der Waals surface area contributed by atoms with Gasteiger partial charge < -0.3 is 14.2 Å². The van der Waals surface area contributed by atoms with Crippen molar-refractivity contribution in [2.24, 2.45) is 0 Å². The Balaban J connectivity index is 1.73. The van der Waals surface area contributed by atoms with Crippen molar-refractivity contribution in [2.75, 3.05) is 13.2 Å². The third kappa shape index (κ3) is 2.00. The van der Waals surface area contributed by atoms with E-state index in [9.17, 15) is 0 Å². The van der Waals surface area contributed by atoms with Gasteiger partial charge in [-0.25, -0.2) is 0 Å². The largest absolute Gasteiger partial charge is 0.491 e. The van der Waals surface area contributed by atoms with Gasteiger partial charge in [0, 0.05) is 12.5 Å². The first kappa shape index (κ1) is 9.97. The molecule has 1 fully saturated rings. The summed E-state index contributed by atoms with van der Waals surface area (Å²) in [4.78, 5) is 0. The van der Waals surface area contributed by atoms with Crippen LogP contribution >= 0.6 is 0 Å². The van der Waals surface area contributed by atoms with E-state index in [1.165, 1.54) is 5.56 Å². The third-order valence-electron chi connectivity index (χ3n) is 2.88. The number of epoxide rings is 1. The van der Waals surface area contributed by atoms with Crippen LogP contribution in [0.25, 0.3) is 0 Å². The number of benzene rings is 1. The molecule has 1 unspecified atom stereocenters. The topological polar surface area (TPSA) is 31.0 Å². The van der Waals surface area contributed by atoms with Crippen LogP contribution in [0.2, 0.25) is 0 Å². The van der Waals surface area contributed by atoms with Gasteiger partial charge >= 0.3 is 0 Å². The SMILES string of the molecule is CC1(C)Cc2ccc(OCC3CO3)cc2O1. The lowest BCUT2D eigenvalue weighted by Gasteiger charge is -2.16. The molecule has 3 nitrogen and oxygen atoms in total. The van der Waals surface area contributed by atoms with Crippen molar-refractivity contribution in [3.8, 4) is 11.5 Å². The maximum atomic E-state index is 5.85. The fraction of sp³-hybridized carbons (Fsp3) is 0.538. The van der Waals surface area contributed by atoms with Crippen molar-refractivity contribution in [1.29, 1.82) is 0 Å². The van der Waals surface area contributed by atoms with Gasteiger partial charge in [0.2, 0.25) is 0 Å². The first-order valence-corrected chi connectivity index (χ1v) is 5.69. The van der Waals surface area contributed by atoms with E-state index in [4.69, 9.17) is 14.2 Å². The molecule has 0 spiro atoms. The predicted octanol–water partition coefficient (Wildman–Crippen LogP) is 2.18. The van der Waals surface area contributed by atoms with Crippen LogP contribution in [0.1, 0.15) is 19.4 Å². The minimum Gasteiger partial charge on any atom is -0.491 e. The average Bonchev–Trinajstić information content (AvgIpc) is 2.96. The molecule has 0 radical (unpaired) electrons.